The highest BCUT2D eigenvalue weighted by Crippen LogP contribution is 2.22. The lowest BCUT2D eigenvalue weighted by Crippen LogP contribution is -2.30. The van der Waals surface area contributed by atoms with E-state index in [4.69, 9.17) is 5.14 Å². The highest BCUT2D eigenvalue weighted by molar-refractivity contribution is 7.89. The lowest BCUT2D eigenvalue weighted by molar-refractivity contribution is 0.571. The van der Waals surface area contributed by atoms with Crippen LogP contribution >= 0.6 is 0 Å². The van der Waals surface area contributed by atoms with Crippen molar-refractivity contribution < 1.29 is 8.42 Å². The number of benzene rings is 1. The number of hydrogen-bond donors (Lipinski definition) is 1. The molecule has 0 bridgehead atoms. The van der Waals surface area contributed by atoms with Gasteiger partial charge in [0.15, 0.2) is 0 Å². The molecule has 1 aromatic carbocycles. The standard InChI is InChI=1S/C10H15NO2S/c1-8(9(2)14(11,12)13)10-6-4-3-5-7-10/h3-9H,1-2H3,(H2,11,12,13). The van der Waals surface area contributed by atoms with E-state index in [0.717, 1.165) is 5.56 Å². The Balaban J connectivity index is 2.92. The van der Waals surface area contributed by atoms with Gasteiger partial charge in [0.05, 0.1) is 5.25 Å². The fourth-order valence-corrected chi connectivity index (χ4v) is 2.04. The third-order valence-electron chi connectivity index (χ3n) is 2.55. The van der Waals surface area contributed by atoms with E-state index < -0.39 is 15.3 Å². The molecule has 0 aliphatic heterocycles. The molecule has 1 rings (SSSR count). The Morgan fingerprint density at radius 3 is 2.07 bits per heavy atom. The van der Waals surface area contributed by atoms with Crippen molar-refractivity contribution in [3.05, 3.63) is 35.9 Å². The number of rotatable bonds is 3. The van der Waals surface area contributed by atoms with E-state index in [1.54, 1.807) is 6.92 Å². The van der Waals surface area contributed by atoms with Crippen molar-refractivity contribution >= 4 is 10.0 Å². The van der Waals surface area contributed by atoms with E-state index in [2.05, 4.69) is 0 Å². The molecule has 0 aromatic heterocycles. The summed E-state index contributed by atoms with van der Waals surface area (Å²) < 4.78 is 22.2. The first kappa shape index (κ1) is 11.2. The fourth-order valence-electron chi connectivity index (χ4n) is 1.31. The number of sulfonamides is 1. The summed E-state index contributed by atoms with van der Waals surface area (Å²) in [6.07, 6.45) is 0. The first-order valence-corrected chi connectivity index (χ1v) is 6.10. The van der Waals surface area contributed by atoms with Crippen LogP contribution in [0.1, 0.15) is 25.3 Å². The first-order valence-electron chi connectivity index (χ1n) is 4.49. The highest BCUT2D eigenvalue weighted by atomic mass is 32.2. The van der Waals surface area contributed by atoms with Crippen LogP contribution in [0.25, 0.3) is 0 Å². The molecule has 0 aliphatic rings. The Morgan fingerprint density at radius 1 is 1.14 bits per heavy atom. The van der Waals surface area contributed by atoms with Gasteiger partial charge in [0.1, 0.15) is 0 Å². The SMILES string of the molecule is CC(c1ccccc1)C(C)S(N)(=O)=O. The lowest BCUT2D eigenvalue weighted by atomic mass is 9.99. The molecule has 14 heavy (non-hydrogen) atoms. The monoisotopic (exact) mass is 213 g/mol. The van der Waals surface area contributed by atoms with Crippen molar-refractivity contribution in [2.24, 2.45) is 5.14 Å². The number of hydrogen-bond acceptors (Lipinski definition) is 2. The molecule has 2 atom stereocenters. The molecule has 0 saturated carbocycles. The third kappa shape index (κ3) is 2.56. The van der Waals surface area contributed by atoms with Crippen molar-refractivity contribution in [2.75, 3.05) is 0 Å². The van der Waals surface area contributed by atoms with Gasteiger partial charge in [-0.2, -0.15) is 0 Å². The molecule has 0 spiro atoms. The zero-order valence-corrected chi connectivity index (χ0v) is 9.16. The van der Waals surface area contributed by atoms with Crippen LogP contribution < -0.4 is 5.14 Å². The van der Waals surface area contributed by atoms with Crippen molar-refractivity contribution in [3.8, 4) is 0 Å². The summed E-state index contributed by atoms with van der Waals surface area (Å²) in [5, 5.41) is 4.54. The smallest absolute Gasteiger partial charge is 0.212 e. The molecule has 78 valence electrons. The summed E-state index contributed by atoms with van der Waals surface area (Å²) in [6, 6.07) is 9.50. The quantitative estimate of drug-likeness (QED) is 0.826. The van der Waals surface area contributed by atoms with Crippen LogP contribution in [0.5, 0.6) is 0 Å². The summed E-state index contributed by atoms with van der Waals surface area (Å²) in [5.74, 6) is -0.0776. The number of primary sulfonamides is 1. The van der Waals surface area contributed by atoms with Gasteiger partial charge in [-0.1, -0.05) is 37.3 Å². The Bertz CT molecular complexity index is 386. The second kappa shape index (κ2) is 4.11. The van der Waals surface area contributed by atoms with Crippen molar-refractivity contribution in [2.45, 2.75) is 25.0 Å². The van der Waals surface area contributed by atoms with Crippen LogP contribution in [0.3, 0.4) is 0 Å². The summed E-state index contributed by atoms with van der Waals surface area (Å²) in [6.45, 7) is 3.50. The molecule has 0 radical (unpaired) electrons. The Kier molecular flexibility index (Phi) is 3.29. The molecule has 0 aliphatic carbocycles. The van der Waals surface area contributed by atoms with E-state index in [0.29, 0.717) is 0 Å². The largest absolute Gasteiger partial charge is 0.228 e. The Labute approximate surface area is 85.0 Å². The van der Waals surface area contributed by atoms with Gasteiger partial charge in [0.25, 0.3) is 0 Å². The van der Waals surface area contributed by atoms with Crippen LogP contribution in [0, 0.1) is 0 Å². The molecule has 0 heterocycles. The summed E-state index contributed by atoms with van der Waals surface area (Å²) in [5.41, 5.74) is 0.994. The predicted octanol–water partition coefficient (Wildman–Crippen LogP) is 1.47. The fraction of sp³-hybridized carbons (Fsp3) is 0.400. The van der Waals surface area contributed by atoms with Crippen LogP contribution in [-0.4, -0.2) is 13.7 Å². The normalized spacial score (nSPS) is 16.2. The van der Waals surface area contributed by atoms with E-state index in [1.165, 1.54) is 0 Å². The molecule has 1 aromatic rings. The zero-order chi connectivity index (χ0) is 10.8. The first-order chi connectivity index (χ1) is 6.43. The second-order valence-electron chi connectivity index (χ2n) is 3.49. The predicted molar refractivity (Wildman–Crippen MR) is 57.4 cm³/mol. The van der Waals surface area contributed by atoms with Crippen LogP contribution in [0.15, 0.2) is 30.3 Å². The van der Waals surface area contributed by atoms with Gasteiger partial charge in [-0.05, 0) is 18.4 Å². The average Bonchev–Trinajstić information content (AvgIpc) is 2.15. The minimum atomic E-state index is -3.45. The molecular weight excluding hydrogens is 198 g/mol. The lowest BCUT2D eigenvalue weighted by Gasteiger charge is -2.17. The van der Waals surface area contributed by atoms with Crippen molar-refractivity contribution in [1.82, 2.24) is 0 Å². The molecule has 2 N–H and O–H groups in total. The molecule has 3 nitrogen and oxygen atoms in total. The minimum Gasteiger partial charge on any atom is -0.228 e. The molecule has 0 amide bonds. The molecule has 0 fully saturated rings. The topological polar surface area (TPSA) is 60.2 Å². The minimum absolute atomic E-state index is 0.0776. The second-order valence-corrected chi connectivity index (χ2v) is 5.42. The van der Waals surface area contributed by atoms with Crippen LogP contribution in [-0.2, 0) is 10.0 Å². The maximum Gasteiger partial charge on any atom is 0.212 e. The summed E-state index contributed by atoms with van der Waals surface area (Å²) in [7, 11) is -3.45. The van der Waals surface area contributed by atoms with Gasteiger partial charge in [-0.3, -0.25) is 0 Å². The molecular formula is C10H15NO2S. The van der Waals surface area contributed by atoms with E-state index >= 15 is 0 Å². The Hall–Kier alpha value is -0.870. The highest BCUT2D eigenvalue weighted by Gasteiger charge is 2.23. The third-order valence-corrected chi connectivity index (χ3v) is 3.99. The van der Waals surface area contributed by atoms with E-state index in [9.17, 15) is 8.42 Å². The molecule has 4 heteroatoms. The van der Waals surface area contributed by atoms with Gasteiger partial charge < -0.3 is 0 Å². The van der Waals surface area contributed by atoms with Crippen molar-refractivity contribution in [1.29, 1.82) is 0 Å². The van der Waals surface area contributed by atoms with E-state index in [-0.39, 0.29) is 5.92 Å². The maximum atomic E-state index is 11.1. The van der Waals surface area contributed by atoms with Crippen LogP contribution in [0.2, 0.25) is 0 Å². The van der Waals surface area contributed by atoms with Gasteiger partial charge in [0, 0.05) is 0 Å². The summed E-state index contributed by atoms with van der Waals surface area (Å²) in [4.78, 5) is 0. The zero-order valence-electron chi connectivity index (χ0n) is 8.34. The van der Waals surface area contributed by atoms with E-state index in [1.807, 2.05) is 37.3 Å². The molecule has 0 saturated heterocycles. The molecule has 2 unspecified atom stereocenters. The van der Waals surface area contributed by atoms with Gasteiger partial charge in [-0.25, -0.2) is 13.6 Å². The maximum absolute atomic E-state index is 11.1. The Morgan fingerprint density at radius 2 is 1.64 bits per heavy atom. The van der Waals surface area contributed by atoms with Gasteiger partial charge in [-0.15, -0.1) is 0 Å². The summed E-state index contributed by atoms with van der Waals surface area (Å²) >= 11 is 0. The number of nitrogens with two attached hydrogens (primary N) is 1. The van der Waals surface area contributed by atoms with Gasteiger partial charge in [0.2, 0.25) is 10.0 Å². The average molecular weight is 213 g/mol. The van der Waals surface area contributed by atoms with Crippen molar-refractivity contribution in [3.63, 3.8) is 0 Å². The van der Waals surface area contributed by atoms with Gasteiger partial charge >= 0.3 is 0 Å². The van der Waals surface area contributed by atoms with Crippen LogP contribution in [0.4, 0.5) is 0 Å².